The molecule has 2 unspecified atom stereocenters. The van der Waals surface area contributed by atoms with Gasteiger partial charge in [-0.1, -0.05) is 18.2 Å². The van der Waals surface area contributed by atoms with Crippen molar-refractivity contribution in [2.45, 2.75) is 18.9 Å². The molecule has 1 aromatic rings. The molecule has 0 radical (unpaired) electrons. The maximum Gasteiger partial charge on any atom is 0.122 e. The largest absolute Gasteiger partial charge is 0.496 e. The number of ether oxygens (including phenoxy) is 2. The lowest BCUT2D eigenvalue weighted by atomic mass is 9.90. The Morgan fingerprint density at radius 1 is 1.24 bits per heavy atom. The molecule has 0 fully saturated rings. The molecule has 0 aliphatic carbocycles. The Labute approximate surface area is 101 Å². The van der Waals surface area contributed by atoms with Crippen LogP contribution < -0.4 is 10.5 Å². The van der Waals surface area contributed by atoms with Crippen LogP contribution in [0, 0.1) is 5.92 Å². The topological polar surface area (TPSA) is 44.5 Å². The number of rotatable bonds is 2. The molecule has 2 aliphatic heterocycles. The lowest BCUT2D eigenvalue weighted by Gasteiger charge is -2.29. The van der Waals surface area contributed by atoms with Crippen molar-refractivity contribution < 1.29 is 9.47 Å². The van der Waals surface area contributed by atoms with Gasteiger partial charge in [0.2, 0.25) is 0 Å². The summed E-state index contributed by atoms with van der Waals surface area (Å²) < 4.78 is 11.3. The Kier molecular flexibility index (Phi) is 2.77. The Balaban J connectivity index is 1.75. The van der Waals surface area contributed by atoms with Gasteiger partial charge in [0.15, 0.2) is 0 Å². The highest BCUT2D eigenvalue weighted by Gasteiger charge is 2.29. The fraction of sp³-hybridized carbons (Fsp3) is 0.429. The van der Waals surface area contributed by atoms with Gasteiger partial charge in [0.05, 0.1) is 19.3 Å². The second-order valence-corrected chi connectivity index (χ2v) is 4.65. The maximum atomic E-state index is 6.24. The van der Waals surface area contributed by atoms with Crippen molar-refractivity contribution in [3.05, 3.63) is 41.7 Å². The molecule has 0 spiro atoms. The van der Waals surface area contributed by atoms with Crippen molar-refractivity contribution in [2.75, 3.05) is 13.2 Å². The summed E-state index contributed by atoms with van der Waals surface area (Å²) in [6, 6.07) is 8.13. The highest BCUT2D eigenvalue weighted by atomic mass is 16.5. The van der Waals surface area contributed by atoms with Gasteiger partial charge in [-0.05, 0) is 24.1 Å². The molecule has 0 bridgehead atoms. The normalized spacial score (nSPS) is 24.3. The molecule has 1 aromatic carbocycles. The molecule has 2 aliphatic rings. The van der Waals surface area contributed by atoms with Gasteiger partial charge in [-0.3, -0.25) is 0 Å². The minimum atomic E-state index is -0.0362. The summed E-state index contributed by atoms with van der Waals surface area (Å²) in [5.74, 6) is 2.25. The maximum absolute atomic E-state index is 6.24. The van der Waals surface area contributed by atoms with E-state index in [2.05, 4.69) is 12.1 Å². The van der Waals surface area contributed by atoms with Crippen molar-refractivity contribution in [3.63, 3.8) is 0 Å². The van der Waals surface area contributed by atoms with E-state index < -0.39 is 0 Å². The SMILES string of the molecule is NC(C1=CCCO1)C1COc2ccccc2C1. The molecule has 0 amide bonds. The molecular formula is C14H17NO2. The molecule has 2 N–H and O–H groups in total. The second-order valence-electron chi connectivity index (χ2n) is 4.65. The molecule has 3 heteroatoms. The number of para-hydroxylation sites is 1. The van der Waals surface area contributed by atoms with Crippen LogP contribution in [0.1, 0.15) is 12.0 Å². The second kappa shape index (κ2) is 4.41. The van der Waals surface area contributed by atoms with E-state index in [-0.39, 0.29) is 6.04 Å². The minimum Gasteiger partial charge on any atom is -0.496 e. The van der Waals surface area contributed by atoms with Gasteiger partial charge < -0.3 is 15.2 Å². The van der Waals surface area contributed by atoms with Gasteiger partial charge in [0.1, 0.15) is 11.5 Å². The first-order valence-corrected chi connectivity index (χ1v) is 6.14. The van der Waals surface area contributed by atoms with E-state index in [1.54, 1.807) is 0 Å². The van der Waals surface area contributed by atoms with Crippen LogP contribution in [0.3, 0.4) is 0 Å². The van der Waals surface area contributed by atoms with Gasteiger partial charge in [-0.2, -0.15) is 0 Å². The number of hydrogen-bond acceptors (Lipinski definition) is 3. The molecule has 3 nitrogen and oxygen atoms in total. The van der Waals surface area contributed by atoms with Gasteiger partial charge >= 0.3 is 0 Å². The first-order chi connectivity index (χ1) is 8.34. The van der Waals surface area contributed by atoms with Crippen LogP contribution in [-0.2, 0) is 11.2 Å². The van der Waals surface area contributed by atoms with E-state index in [4.69, 9.17) is 15.2 Å². The lowest BCUT2D eigenvalue weighted by molar-refractivity contribution is 0.163. The van der Waals surface area contributed by atoms with E-state index in [0.29, 0.717) is 12.5 Å². The predicted molar refractivity (Wildman–Crippen MR) is 65.8 cm³/mol. The van der Waals surface area contributed by atoms with Crippen molar-refractivity contribution in [1.29, 1.82) is 0 Å². The lowest BCUT2D eigenvalue weighted by Crippen LogP contribution is -2.39. The van der Waals surface area contributed by atoms with Crippen LogP contribution in [0.15, 0.2) is 36.1 Å². The summed E-state index contributed by atoms with van der Waals surface area (Å²) in [5.41, 5.74) is 7.49. The average molecular weight is 231 g/mol. The van der Waals surface area contributed by atoms with Crippen LogP contribution >= 0.6 is 0 Å². The van der Waals surface area contributed by atoms with Crippen molar-refractivity contribution in [3.8, 4) is 5.75 Å². The van der Waals surface area contributed by atoms with Crippen LogP contribution in [0.5, 0.6) is 5.75 Å². The molecule has 0 aromatic heterocycles. The average Bonchev–Trinajstić information content (AvgIpc) is 2.91. The summed E-state index contributed by atoms with van der Waals surface area (Å²) in [7, 11) is 0. The molecule has 2 heterocycles. The first-order valence-electron chi connectivity index (χ1n) is 6.14. The van der Waals surface area contributed by atoms with Gasteiger partial charge in [-0.25, -0.2) is 0 Å². The van der Waals surface area contributed by atoms with Crippen molar-refractivity contribution >= 4 is 0 Å². The molecule has 0 saturated carbocycles. The van der Waals surface area contributed by atoms with E-state index in [9.17, 15) is 0 Å². The summed E-state index contributed by atoms with van der Waals surface area (Å²) in [5, 5.41) is 0. The summed E-state index contributed by atoms with van der Waals surface area (Å²) in [6.07, 6.45) is 4.05. The monoisotopic (exact) mass is 231 g/mol. The molecule has 17 heavy (non-hydrogen) atoms. The van der Waals surface area contributed by atoms with Gasteiger partial charge in [0.25, 0.3) is 0 Å². The van der Waals surface area contributed by atoms with E-state index in [0.717, 1.165) is 31.0 Å². The van der Waals surface area contributed by atoms with Crippen LogP contribution in [0.4, 0.5) is 0 Å². The fourth-order valence-corrected chi connectivity index (χ4v) is 2.48. The Bertz CT molecular complexity index is 442. The van der Waals surface area contributed by atoms with E-state index in [1.807, 2.05) is 18.2 Å². The molecule has 90 valence electrons. The van der Waals surface area contributed by atoms with Gasteiger partial charge in [0, 0.05) is 12.3 Å². The van der Waals surface area contributed by atoms with Crippen molar-refractivity contribution in [2.24, 2.45) is 11.7 Å². The summed E-state index contributed by atoms with van der Waals surface area (Å²) in [6.45, 7) is 1.45. The molecule has 2 atom stereocenters. The number of benzene rings is 1. The predicted octanol–water partition coefficient (Wildman–Crippen LogP) is 1.87. The molecule has 3 rings (SSSR count). The quantitative estimate of drug-likeness (QED) is 0.845. The van der Waals surface area contributed by atoms with Crippen LogP contribution in [-0.4, -0.2) is 19.3 Å². The highest BCUT2D eigenvalue weighted by molar-refractivity contribution is 5.35. The highest BCUT2D eigenvalue weighted by Crippen LogP contribution is 2.30. The fourth-order valence-electron chi connectivity index (χ4n) is 2.48. The zero-order valence-electron chi connectivity index (χ0n) is 9.76. The summed E-state index contributed by atoms with van der Waals surface area (Å²) >= 11 is 0. The van der Waals surface area contributed by atoms with E-state index >= 15 is 0 Å². The Hall–Kier alpha value is -1.48. The van der Waals surface area contributed by atoms with Crippen LogP contribution in [0.25, 0.3) is 0 Å². The number of fused-ring (bicyclic) bond motifs is 1. The third-order valence-corrected chi connectivity index (χ3v) is 3.48. The molecular weight excluding hydrogens is 214 g/mol. The zero-order valence-corrected chi connectivity index (χ0v) is 9.76. The van der Waals surface area contributed by atoms with Crippen LogP contribution in [0.2, 0.25) is 0 Å². The standard InChI is InChI=1S/C14H17NO2/c15-14(13-6-3-7-16-13)11-8-10-4-1-2-5-12(10)17-9-11/h1-2,4-6,11,14H,3,7-9,15H2. The Morgan fingerprint density at radius 3 is 2.94 bits per heavy atom. The third kappa shape index (κ3) is 2.03. The van der Waals surface area contributed by atoms with E-state index in [1.165, 1.54) is 5.56 Å². The minimum absolute atomic E-state index is 0.0362. The summed E-state index contributed by atoms with van der Waals surface area (Å²) in [4.78, 5) is 0. The number of hydrogen-bond donors (Lipinski definition) is 1. The number of nitrogens with two attached hydrogens (primary N) is 1. The first kappa shape index (κ1) is 10.7. The Morgan fingerprint density at radius 2 is 2.12 bits per heavy atom. The van der Waals surface area contributed by atoms with Crippen molar-refractivity contribution in [1.82, 2.24) is 0 Å². The zero-order chi connectivity index (χ0) is 11.7. The van der Waals surface area contributed by atoms with Gasteiger partial charge in [-0.15, -0.1) is 0 Å². The smallest absolute Gasteiger partial charge is 0.122 e. The molecule has 0 saturated heterocycles. The third-order valence-electron chi connectivity index (χ3n) is 3.48.